The fraction of sp³-hybridized carbons (Fsp3) is 0.545. The molecule has 1 aromatic heterocycles. The van der Waals surface area contributed by atoms with Crippen molar-refractivity contribution in [2.45, 2.75) is 26.2 Å². The van der Waals surface area contributed by atoms with Crippen LogP contribution in [0.3, 0.4) is 0 Å². The summed E-state index contributed by atoms with van der Waals surface area (Å²) in [7, 11) is -3.29. The van der Waals surface area contributed by atoms with E-state index in [-0.39, 0.29) is 11.5 Å². The molecule has 0 aliphatic rings. The normalized spacial score (nSPS) is 11.7. The number of thiophene rings is 1. The molecule has 18 heavy (non-hydrogen) atoms. The third-order valence-corrected chi connectivity index (χ3v) is 6.32. The first-order chi connectivity index (χ1) is 8.35. The highest BCUT2D eigenvalue weighted by Gasteiger charge is 2.21. The third kappa shape index (κ3) is 5.11. The molecular weight excluding hydrogens is 404 g/mol. The predicted molar refractivity (Wildman–Crippen MR) is 82.2 cm³/mol. The molecule has 0 saturated heterocycles. The molecule has 102 valence electrons. The minimum absolute atomic E-state index is 0.0928. The number of unbranched alkanes of at least 4 members (excludes halogenated alkanes) is 2. The number of halogens is 2. The molecule has 1 rings (SSSR count). The number of rotatable bonds is 7. The SMILES string of the molecule is CCCCCS(=O)(=O)CC(=O)c1cc(Br)sc1Br. The average Bonchev–Trinajstić information content (AvgIpc) is 2.57. The van der Waals surface area contributed by atoms with E-state index >= 15 is 0 Å². The maximum absolute atomic E-state index is 11.9. The zero-order chi connectivity index (χ0) is 13.8. The summed E-state index contributed by atoms with van der Waals surface area (Å²) in [5.41, 5.74) is 0.436. The molecule has 0 saturated carbocycles. The fourth-order valence-corrected chi connectivity index (χ4v) is 5.65. The summed E-state index contributed by atoms with van der Waals surface area (Å²) in [6.07, 6.45) is 2.47. The molecule has 0 aliphatic carbocycles. The fourth-order valence-electron chi connectivity index (χ4n) is 1.45. The molecule has 1 aromatic rings. The van der Waals surface area contributed by atoms with Crippen molar-refractivity contribution in [1.29, 1.82) is 0 Å². The zero-order valence-corrected chi connectivity index (χ0v) is 14.7. The Kier molecular flexibility index (Phi) is 6.50. The molecule has 0 bridgehead atoms. The summed E-state index contributed by atoms with van der Waals surface area (Å²) in [5, 5.41) is 0. The van der Waals surface area contributed by atoms with Gasteiger partial charge in [-0.2, -0.15) is 0 Å². The second-order valence-electron chi connectivity index (χ2n) is 3.96. The van der Waals surface area contributed by atoms with Crippen molar-refractivity contribution in [3.8, 4) is 0 Å². The van der Waals surface area contributed by atoms with Gasteiger partial charge in [-0.3, -0.25) is 4.79 Å². The van der Waals surface area contributed by atoms with E-state index in [4.69, 9.17) is 0 Å². The van der Waals surface area contributed by atoms with Crippen LogP contribution in [-0.2, 0) is 9.84 Å². The van der Waals surface area contributed by atoms with E-state index in [9.17, 15) is 13.2 Å². The van der Waals surface area contributed by atoms with Crippen LogP contribution in [-0.4, -0.2) is 25.7 Å². The Morgan fingerprint density at radius 1 is 1.33 bits per heavy atom. The summed E-state index contributed by atoms with van der Waals surface area (Å²) >= 11 is 7.89. The van der Waals surface area contributed by atoms with Crippen molar-refractivity contribution < 1.29 is 13.2 Å². The molecule has 0 fully saturated rings. The lowest BCUT2D eigenvalue weighted by Crippen LogP contribution is -2.19. The van der Waals surface area contributed by atoms with Gasteiger partial charge in [0.15, 0.2) is 15.6 Å². The van der Waals surface area contributed by atoms with Crippen molar-refractivity contribution in [2.75, 3.05) is 11.5 Å². The highest BCUT2D eigenvalue weighted by Crippen LogP contribution is 2.32. The van der Waals surface area contributed by atoms with Crippen LogP contribution in [0.15, 0.2) is 13.6 Å². The quantitative estimate of drug-likeness (QED) is 0.496. The smallest absolute Gasteiger partial charge is 0.179 e. The monoisotopic (exact) mass is 416 g/mol. The van der Waals surface area contributed by atoms with Gasteiger partial charge in [0.05, 0.1) is 13.3 Å². The largest absolute Gasteiger partial charge is 0.293 e. The minimum atomic E-state index is -3.29. The Bertz CT molecular complexity index is 520. The van der Waals surface area contributed by atoms with Gasteiger partial charge < -0.3 is 0 Å². The lowest BCUT2D eigenvalue weighted by Gasteiger charge is -2.02. The van der Waals surface area contributed by atoms with Crippen molar-refractivity contribution in [1.82, 2.24) is 0 Å². The van der Waals surface area contributed by atoms with Crippen LogP contribution in [0, 0.1) is 0 Å². The molecule has 0 aliphatic heterocycles. The van der Waals surface area contributed by atoms with Gasteiger partial charge in [-0.1, -0.05) is 19.8 Å². The van der Waals surface area contributed by atoms with Crippen LogP contribution in [0.5, 0.6) is 0 Å². The Hall–Kier alpha value is 0.280. The summed E-state index contributed by atoms with van der Waals surface area (Å²) < 4.78 is 25.0. The van der Waals surface area contributed by atoms with Crippen LogP contribution in [0.1, 0.15) is 36.5 Å². The van der Waals surface area contributed by atoms with Crippen LogP contribution in [0.2, 0.25) is 0 Å². The maximum Gasteiger partial charge on any atom is 0.179 e. The van der Waals surface area contributed by atoms with E-state index in [1.807, 2.05) is 6.92 Å². The molecule has 0 N–H and O–H groups in total. The predicted octanol–water partition coefficient (Wildman–Crippen LogP) is 4.06. The first kappa shape index (κ1) is 16.3. The van der Waals surface area contributed by atoms with Crippen LogP contribution < -0.4 is 0 Å². The molecule has 3 nitrogen and oxygen atoms in total. The van der Waals surface area contributed by atoms with Crippen molar-refractivity contribution in [3.63, 3.8) is 0 Å². The first-order valence-electron chi connectivity index (χ1n) is 5.54. The van der Waals surface area contributed by atoms with E-state index in [1.54, 1.807) is 6.07 Å². The summed E-state index contributed by atoms with van der Waals surface area (Å²) in [5.74, 6) is -0.658. The van der Waals surface area contributed by atoms with E-state index < -0.39 is 15.6 Å². The summed E-state index contributed by atoms with van der Waals surface area (Å²) in [6.45, 7) is 2.01. The van der Waals surface area contributed by atoms with Crippen molar-refractivity contribution in [2.24, 2.45) is 0 Å². The second-order valence-corrected chi connectivity index (χ2v) is 9.89. The van der Waals surface area contributed by atoms with Crippen LogP contribution in [0.25, 0.3) is 0 Å². The number of carbonyl (C=O) groups is 1. The molecule has 0 radical (unpaired) electrons. The summed E-state index contributed by atoms with van der Waals surface area (Å²) in [6, 6.07) is 1.65. The highest BCUT2D eigenvalue weighted by molar-refractivity contribution is 9.12. The van der Waals surface area contributed by atoms with Gasteiger partial charge in [-0.15, -0.1) is 11.3 Å². The molecular formula is C11H14Br2O3S2. The molecule has 0 unspecified atom stereocenters. The molecule has 0 spiro atoms. The maximum atomic E-state index is 11.9. The number of Topliss-reactive ketones (excluding diaryl/α,β-unsaturated/α-hetero) is 1. The van der Waals surface area contributed by atoms with E-state index in [0.717, 1.165) is 16.6 Å². The minimum Gasteiger partial charge on any atom is -0.293 e. The summed E-state index contributed by atoms with van der Waals surface area (Å²) in [4.78, 5) is 11.9. The first-order valence-corrected chi connectivity index (χ1v) is 9.76. The molecule has 0 aromatic carbocycles. The van der Waals surface area contributed by atoms with Crippen molar-refractivity contribution >= 4 is 58.8 Å². The number of hydrogen-bond acceptors (Lipinski definition) is 4. The van der Waals surface area contributed by atoms with E-state index in [1.165, 1.54) is 11.3 Å². The Balaban J connectivity index is 2.67. The number of ketones is 1. The van der Waals surface area contributed by atoms with E-state index in [0.29, 0.717) is 15.8 Å². The molecule has 0 amide bonds. The van der Waals surface area contributed by atoms with Gasteiger partial charge in [0.1, 0.15) is 5.75 Å². The Morgan fingerprint density at radius 3 is 2.50 bits per heavy atom. The zero-order valence-electron chi connectivity index (χ0n) is 9.91. The number of sulfone groups is 1. The van der Waals surface area contributed by atoms with Gasteiger partial charge in [0, 0.05) is 5.56 Å². The van der Waals surface area contributed by atoms with Gasteiger partial charge in [-0.05, 0) is 44.3 Å². The van der Waals surface area contributed by atoms with Crippen LogP contribution >= 0.6 is 43.2 Å². The lowest BCUT2D eigenvalue weighted by molar-refractivity contribution is 0.102. The third-order valence-electron chi connectivity index (χ3n) is 2.37. The standard InChI is InChI=1S/C11H14Br2O3S2/c1-2-3-4-5-18(15,16)7-9(14)8-6-10(12)17-11(8)13/h6H,2-5,7H2,1H3. The van der Waals surface area contributed by atoms with E-state index in [2.05, 4.69) is 31.9 Å². The Labute approximate surface area is 128 Å². The molecule has 7 heteroatoms. The van der Waals surface area contributed by atoms with Crippen molar-refractivity contribution in [3.05, 3.63) is 19.2 Å². The number of carbonyl (C=O) groups excluding carboxylic acids is 1. The molecule has 0 atom stereocenters. The molecule has 1 heterocycles. The topological polar surface area (TPSA) is 51.2 Å². The number of hydrogen-bond donors (Lipinski definition) is 0. The van der Waals surface area contributed by atoms with Gasteiger partial charge in [0.2, 0.25) is 0 Å². The lowest BCUT2D eigenvalue weighted by atomic mass is 10.2. The van der Waals surface area contributed by atoms with Gasteiger partial charge >= 0.3 is 0 Å². The Morgan fingerprint density at radius 2 is 2.00 bits per heavy atom. The highest BCUT2D eigenvalue weighted by atomic mass is 79.9. The van der Waals surface area contributed by atoms with Crippen LogP contribution in [0.4, 0.5) is 0 Å². The second kappa shape index (κ2) is 7.17. The van der Waals surface area contributed by atoms with Gasteiger partial charge in [-0.25, -0.2) is 8.42 Å². The average molecular weight is 418 g/mol. The van der Waals surface area contributed by atoms with Gasteiger partial charge in [0.25, 0.3) is 0 Å².